The van der Waals surface area contributed by atoms with Crippen LogP contribution in [0.1, 0.15) is 63.6 Å². The van der Waals surface area contributed by atoms with Crippen molar-refractivity contribution in [2.75, 3.05) is 120 Å². The Labute approximate surface area is 530 Å². The molecule has 28 heteroatoms. The largest absolute Gasteiger partial charge is 0.397 e. The minimum absolute atomic E-state index is 0.151. The number of carbonyl (C=O) groups is 3. The number of anilines is 3. The van der Waals surface area contributed by atoms with E-state index in [0.29, 0.717) is 177 Å². The van der Waals surface area contributed by atoms with Crippen molar-refractivity contribution in [1.29, 1.82) is 0 Å². The molecule has 6 aliphatic rings. The summed E-state index contributed by atoms with van der Waals surface area (Å²) in [5, 5.41) is 7.57. The SMILES string of the molecule is CCCN1C(=O)/C(=C/c2c(N3CCOCC3)nc3ccccn3c2=O)SC1=S.CCCN1C(=O)/C(=C/c2c(N3CCOCC3)nc3ccccn3c2=O)SC1=S.CCCN1C(=O)/C(=C/c2c(N3CCOCC3)nc3ccccn3c2=O)SC1=S.CCO. The van der Waals surface area contributed by atoms with Crippen LogP contribution < -0.4 is 31.4 Å². The minimum atomic E-state index is -0.201. The van der Waals surface area contributed by atoms with Crippen molar-refractivity contribution in [1.82, 2.24) is 42.9 Å². The molecule has 0 saturated carbocycles. The van der Waals surface area contributed by atoms with Gasteiger partial charge in [-0.1, -0.05) is 111 Å². The van der Waals surface area contributed by atoms with Gasteiger partial charge in [-0.25, -0.2) is 15.0 Å². The molecule has 6 aliphatic heterocycles. The number of hydrogen-bond acceptors (Lipinski definition) is 22. The normalized spacial score (nSPS) is 18.8. The lowest BCUT2D eigenvalue weighted by Gasteiger charge is -2.29. The average Bonchev–Trinajstić information content (AvgIpc) is 1.88. The number of thiocarbonyl (C=S) groups is 3. The summed E-state index contributed by atoms with van der Waals surface area (Å²) in [6.07, 6.45) is 12.5. The number of hydrogen-bond donors (Lipinski definition) is 1. The summed E-state index contributed by atoms with van der Waals surface area (Å²) >= 11 is 19.7. The number of aromatic nitrogens is 6. The van der Waals surface area contributed by atoms with Gasteiger partial charge in [0, 0.05) is 84.1 Å². The van der Waals surface area contributed by atoms with E-state index in [1.165, 1.54) is 48.5 Å². The molecule has 458 valence electrons. The topological polar surface area (TPSA) is 222 Å². The Morgan fingerprint density at radius 3 is 0.943 bits per heavy atom. The molecule has 0 radical (unpaired) electrons. The van der Waals surface area contributed by atoms with Gasteiger partial charge in [-0.2, -0.15) is 0 Å². The van der Waals surface area contributed by atoms with Crippen molar-refractivity contribution < 1.29 is 33.7 Å². The summed E-state index contributed by atoms with van der Waals surface area (Å²) in [6, 6.07) is 16.3. The smallest absolute Gasteiger partial charge is 0.267 e. The van der Waals surface area contributed by atoms with E-state index in [9.17, 15) is 28.8 Å². The van der Waals surface area contributed by atoms with Gasteiger partial charge in [-0.3, -0.25) is 56.7 Å². The van der Waals surface area contributed by atoms with Crippen molar-refractivity contribution in [3.63, 3.8) is 0 Å². The van der Waals surface area contributed by atoms with E-state index in [1.807, 2.05) is 53.7 Å². The molecule has 0 spiro atoms. The zero-order valence-electron chi connectivity index (χ0n) is 48.5. The highest BCUT2D eigenvalue weighted by Gasteiger charge is 2.35. The maximum atomic E-state index is 13.2. The first-order valence-electron chi connectivity index (χ1n) is 28.6. The van der Waals surface area contributed by atoms with E-state index < -0.39 is 0 Å². The van der Waals surface area contributed by atoms with Crippen LogP contribution in [0.15, 0.2) is 102 Å². The van der Waals surface area contributed by atoms with Gasteiger partial charge in [0.05, 0.1) is 71.0 Å². The fourth-order valence-corrected chi connectivity index (χ4v) is 13.7. The van der Waals surface area contributed by atoms with Gasteiger partial charge in [0.1, 0.15) is 47.4 Å². The molecule has 1 N–H and O–H groups in total. The van der Waals surface area contributed by atoms with Crippen LogP contribution >= 0.6 is 71.9 Å². The molecule has 87 heavy (non-hydrogen) atoms. The summed E-state index contributed by atoms with van der Waals surface area (Å²) in [7, 11) is 0. The van der Waals surface area contributed by atoms with Crippen LogP contribution in [-0.4, -0.2) is 184 Å². The first-order chi connectivity index (χ1) is 42.2. The number of pyridine rings is 3. The molecule has 0 bridgehead atoms. The van der Waals surface area contributed by atoms with Gasteiger partial charge < -0.3 is 34.0 Å². The fraction of sp³-hybridized carbons (Fsp3) is 0.390. The number of nitrogens with zero attached hydrogens (tertiary/aromatic N) is 12. The number of rotatable bonds is 12. The number of aliphatic hydroxyl groups is 1. The number of fused-ring (bicyclic) bond motifs is 3. The lowest BCUT2D eigenvalue weighted by Crippen LogP contribution is -2.38. The Morgan fingerprint density at radius 2 is 0.701 bits per heavy atom. The Kier molecular flexibility index (Phi) is 22.7. The first kappa shape index (κ1) is 64.7. The molecule has 22 nitrogen and oxygen atoms in total. The summed E-state index contributed by atoms with van der Waals surface area (Å²) < 4.78 is 22.4. The zero-order valence-corrected chi connectivity index (χ0v) is 53.4. The summed E-state index contributed by atoms with van der Waals surface area (Å²) in [4.78, 5) is 104. The second-order valence-electron chi connectivity index (χ2n) is 19.9. The summed E-state index contributed by atoms with van der Waals surface area (Å²) in [5.41, 5.74) is 2.33. The Balaban J connectivity index is 0.000000152. The van der Waals surface area contributed by atoms with Crippen LogP contribution in [-0.2, 0) is 28.6 Å². The molecule has 0 unspecified atom stereocenters. The van der Waals surface area contributed by atoms with Crippen molar-refractivity contribution in [2.24, 2.45) is 0 Å². The molecule has 12 rings (SSSR count). The molecule has 0 atom stereocenters. The molecule has 6 aromatic heterocycles. The Morgan fingerprint density at radius 1 is 0.448 bits per heavy atom. The van der Waals surface area contributed by atoms with Crippen molar-refractivity contribution in [2.45, 2.75) is 47.0 Å². The second-order valence-corrected chi connectivity index (χ2v) is 24.9. The predicted octanol–water partition coefficient (Wildman–Crippen LogP) is 6.43. The maximum absolute atomic E-state index is 13.2. The number of ether oxygens (including phenoxy) is 3. The number of amides is 3. The number of carbonyl (C=O) groups excluding carboxylic acids is 3. The van der Waals surface area contributed by atoms with Crippen LogP contribution in [0.5, 0.6) is 0 Å². The van der Waals surface area contributed by atoms with Crippen LogP contribution in [0.2, 0.25) is 0 Å². The predicted molar refractivity (Wildman–Crippen MR) is 357 cm³/mol. The van der Waals surface area contributed by atoms with Crippen molar-refractivity contribution in [3.05, 3.63) is 136 Å². The number of aliphatic hydroxyl groups excluding tert-OH is 1. The molecule has 0 aromatic carbocycles. The maximum Gasteiger partial charge on any atom is 0.267 e. The summed E-state index contributed by atoms with van der Waals surface area (Å²) in [5.74, 6) is 1.30. The van der Waals surface area contributed by atoms with Crippen LogP contribution in [0, 0.1) is 0 Å². The van der Waals surface area contributed by atoms with Gasteiger partial charge >= 0.3 is 0 Å². The average molecular weight is 1300 g/mol. The van der Waals surface area contributed by atoms with Gasteiger partial charge in [0.25, 0.3) is 34.4 Å². The zero-order chi connectivity index (χ0) is 61.7. The van der Waals surface area contributed by atoms with Gasteiger partial charge in [0.15, 0.2) is 0 Å². The third-order valence-corrected chi connectivity index (χ3v) is 18.1. The quantitative estimate of drug-likeness (QED) is 0.103. The molecule has 0 aliphatic carbocycles. The van der Waals surface area contributed by atoms with E-state index in [4.69, 9.17) is 70.9 Å². The molecular formula is C59H66N12O10S6. The van der Waals surface area contributed by atoms with E-state index in [2.05, 4.69) is 0 Å². The van der Waals surface area contributed by atoms with Gasteiger partial charge in [-0.15, -0.1) is 0 Å². The monoisotopic (exact) mass is 1290 g/mol. The third kappa shape index (κ3) is 14.7. The van der Waals surface area contributed by atoms with E-state index in [1.54, 1.807) is 94.8 Å². The first-order valence-corrected chi connectivity index (χ1v) is 32.3. The Hall–Kier alpha value is -6.73. The number of morpholine rings is 3. The molecule has 3 amide bonds. The van der Waals surface area contributed by atoms with Crippen molar-refractivity contribution in [3.8, 4) is 0 Å². The van der Waals surface area contributed by atoms with Gasteiger partial charge in [0.2, 0.25) is 0 Å². The van der Waals surface area contributed by atoms with Crippen LogP contribution in [0.3, 0.4) is 0 Å². The highest BCUT2D eigenvalue weighted by molar-refractivity contribution is 8.27. The van der Waals surface area contributed by atoms with E-state index in [-0.39, 0.29) is 41.0 Å². The minimum Gasteiger partial charge on any atom is -0.397 e. The molecular weight excluding hydrogens is 1230 g/mol. The third-order valence-electron chi connectivity index (χ3n) is 14.0. The molecule has 12 heterocycles. The Bertz CT molecular complexity index is 3500. The van der Waals surface area contributed by atoms with Crippen molar-refractivity contribution >= 4 is 155 Å². The highest BCUT2D eigenvalue weighted by Crippen LogP contribution is 2.36. The van der Waals surface area contributed by atoms with Gasteiger partial charge in [-0.05, 0) is 80.8 Å². The second kappa shape index (κ2) is 30.5. The molecule has 6 aromatic rings. The molecule has 6 fully saturated rings. The lowest BCUT2D eigenvalue weighted by atomic mass is 10.2. The number of thioether (sulfide) groups is 3. The summed E-state index contributed by atoms with van der Waals surface area (Å²) in [6.45, 7) is 17.0. The molecule has 6 saturated heterocycles. The van der Waals surface area contributed by atoms with E-state index in [0.717, 1.165) is 19.3 Å². The van der Waals surface area contributed by atoms with Crippen LogP contribution in [0.4, 0.5) is 17.5 Å². The van der Waals surface area contributed by atoms with Crippen LogP contribution in [0.25, 0.3) is 35.2 Å². The fourth-order valence-electron chi connectivity index (χ4n) is 9.84. The standard InChI is InChI=1S/3C19H20N4O3S2.C2H6O/c3*1-2-6-23-18(25)14(28-19(23)27)12-13-16(21-8-10-26-11-9-21)20-15-5-3-4-7-22(15)17(13)24;1-2-3/h3*3-5,7,12H,2,6,8-11H2,1H3;3H,2H2,1H3/b3*14-12-;. The highest BCUT2D eigenvalue weighted by atomic mass is 32.2. The van der Waals surface area contributed by atoms with E-state index >= 15 is 0 Å². The lowest BCUT2D eigenvalue weighted by molar-refractivity contribution is -0.122.